The molecule has 0 radical (unpaired) electrons. The van der Waals surface area contributed by atoms with Crippen molar-refractivity contribution in [3.63, 3.8) is 0 Å². The summed E-state index contributed by atoms with van der Waals surface area (Å²) in [5.41, 5.74) is 0. The third-order valence-electron chi connectivity index (χ3n) is 0.289. The quantitative estimate of drug-likeness (QED) is 0.441. The van der Waals surface area contributed by atoms with Gasteiger partial charge in [0.25, 0.3) is 0 Å². The van der Waals surface area contributed by atoms with Gasteiger partial charge in [-0.2, -0.15) is 0 Å². The molecular weight excluding hydrogens is 92.1 g/mol. The van der Waals surface area contributed by atoms with Crippen molar-refractivity contribution < 1.29 is 11.0 Å². The van der Waals surface area contributed by atoms with Crippen molar-refractivity contribution >= 4 is 0 Å². The molecule has 4 N–H and O–H groups in total. The Morgan fingerprint density at radius 1 is 1.43 bits per heavy atom. The predicted octanol–water partition coefficient (Wildman–Crippen LogP) is 0.569. The van der Waals surface area contributed by atoms with Crippen molar-refractivity contribution in [2.45, 2.75) is 20.8 Å². The molecule has 0 rings (SSSR count). The molecule has 7 heavy (non-hydrogen) atoms. The second-order valence-electron chi connectivity index (χ2n) is 0.697. The zero-order chi connectivity index (χ0) is 3.41. The first-order chi connectivity index (χ1) is 1.91. The summed E-state index contributed by atoms with van der Waals surface area (Å²) >= 11 is 0. The van der Waals surface area contributed by atoms with E-state index in [9.17, 15) is 0 Å². The molecule has 0 aliphatic heterocycles. The highest BCUT2D eigenvalue weighted by molar-refractivity contribution is 4.60. The van der Waals surface area contributed by atoms with Gasteiger partial charge in [-0.3, -0.25) is 0 Å². The number of rotatable bonds is 1. The highest BCUT2D eigenvalue weighted by Gasteiger charge is 1.45. The molecule has 0 atom stereocenters. The predicted molar refractivity (Wildman–Crippen MR) is 34.4 cm³/mol. The van der Waals surface area contributed by atoms with Crippen LogP contribution in [0.15, 0.2) is 12.7 Å². The van der Waals surface area contributed by atoms with Crippen LogP contribution in [-0.2, 0) is 0 Å². The Hall–Kier alpha value is -0.340. The first kappa shape index (κ1) is 30.2. The summed E-state index contributed by atoms with van der Waals surface area (Å²) in [6.07, 6.45) is 2.96. The third kappa shape index (κ3) is 174. The van der Waals surface area contributed by atoms with Crippen LogP contribution in [0, 0.1) is 0 Å². The third-order valence-corrected chi connectivity index (χ3v) is 0.289. The number of hydrogen-bond acceptors (Lipinski definition) is 0. The highest BCUT2D eigenvalue weighted by Crippen LogP contribution is 1.66. The van der Waals surface area contributed by atoms with Gasteiger partial charge >= 0.3 is 0 Å². The van der Waals surface area contributed by atoms with E-state index in [0.717, 1.165) is 6.42 Å². The van der Waals surface area contributed by atoms with Crippen molar-refractivity contribution in [2.24, 2.45) is 0 Å². The van der Waals surface area contributed by atoms with Gasteiger partial charge in [0.05, 0.1) is 0 Å². The van der Waals surface area contributed by atoms with Crippen LogP contribution in [0.2, 0.25) is 0 Å². The molecule has 0 aliphatic rings. The Labute approximate surface area is 45.5 Å². The molecule has 0 fully saturated rings. The molecule has 0 saturated heterocycles. The van der Waals surface area contributed by atoms with Gasteiger partial charge in [-0.1, -0.05) is 20.4 Å². The lowest BCUT2D eigenvalue weighted by Gasteiger charge is -1.57. The SMILES string of the molecule is C.C=CCC.O.O. The second kappa shape index (κ2) is 44.6. The zero-order valence-corrected chi connectivity index (χ0v) is 3.99. The minimum atomic E-state index is 0. The van der Waals surface area contributed by atoms with E-state index < -0.39 is 0 Å². The van der Waals surface area contributed by atoms with Crippen LogP contribution in [0.5, 0.6) is 0 Å². The maximum Gasteiger partial charge on any atom is -0.0382 e. The summed E-state index contributed by atoms with van der Waals surface area (Å²) in [6.45, 7) is 5.54. The largest absolute Gasteiger partial charge is 0.412 e. The fourth-order valence-corrected chi connectivity index (χ4v) is 0. The molecule has 2 heteroatoms. The summed E-state index contributed by atoms with van der Waals surface area (Å²) < 4.78 is 0. The van der Waals surface area contributed by atoms with Gasteiger partial charge in [0, 0.05) is 0 Å². The van der Waals surface area contributed by atoms with Crippen LogP contribution in [0.4, 0.5) is 0 Å². The number of hydrogen-bond donors (Lipinski definition) is 0. The molecule has 0 aromatic carbocycles. The average molecular weight is 108 g/mol. The molecule has 0 aromatic rings. The van der Waals surface area contributed by atoms with Gasteiger partial charge in [-0.05, 0) is 6.42 Å². The smallest absolute Gasteiger partial charge is 0.0382 e. The minimum absolute atomic E-state index is 0. The van der Waals surface area contributed by atoms with Crippen molar-refractivity contribution in [1.29, 1.82) is 0 Å². The van der Waals surface area contributed by atoms with E-state index >= 15 is 0 Å². The Bertz CT molecular complexity index is 20.0. The molecule has 48 valence electrons. The summed E-state index contributed by atoms with van der Waals surface area (Å²) in [5.74, 6) is 0. The lowest BCUT2D eigenvalue weighted by Crippen LogP contribution is -1.36. The van der Waals surface area contributed by atoms with Crippen LogP contribution in [0.1, 0.15) is 20.8 Å². The van der Waals surface area contributed by atoms with E-state index in [1.54, 1.807) is 0 Å². The molecular formula is C5H16O2. The van der Waals surface area contributed by atoms with E-state index in [1.807, 2.05) is 6.08 Å². The first-order valence-electron chi connectivity index (χ1n) is 1.52. The molecule has 0 unspecified atom stereocenters. The van der Waals surface area contributed by atoms with Crippen molar-refractivity contribution in [2.75, 3.05) is 0 Å². The molecule has 0 saturated carbocycles. The minimum Gasteiger partial charge on any atom is -0.412 e. The zero-order valence-electron chi connectivity index (χ0n) is 3.99. The van der Waals surface area contributed by atoms with E-state index in [-0.39, 0.29) is 18.4 Å². The second-order valence-corrected chi connectivity index (χ2v) is 0.697. The fourth-order valence-electron chi connectivity index (χ4n) is 0. The lowest BCUT2D eigenvalue weighted by atomic mass is 10.5. The van der Waals surface area contributed by atoms with Gasteiger partial charge in [-0.25, -0.2) is 0 Å². The molecule has 0 bridgehead atoms. The summed E-state index contributed by atoms with van der Waals surface area (Å²) in [7, 11) is 0. The molecule has 0 aliphatic carbocycles. The van der Waals surface area contributed by atoms with Gasteiger partial charge in [-0.15, -0.1) is 6.58 Å². The van der Waals surface area contributed by atoms with E-state index in [4.69, 9.17) is 0 Å². The fraction of sp³-hybridized carbons (Fsp3) is 0.600. The van der Waals surface area contributed by atoms with Crippen LogP contribution in [-0.4, -0.2) is 11.0 Å². The summed E-state index contributed by atoms with van der Waals surface area (Å²) in [4.78, 5) is 0. The van der Waals surface area contributed by atoms with Gasteiger partial charge in [0.1, 0.15) is 0 Å². The summed E-state index contributed by atoms with van der Waals surface area (Å²) in [6, 6.07) is 0. The Balaban J connectivity index is -0.0000000150. The average Bonchev–Trinajstić information content (AvgIpc) is 1.37. The van der Waals surface area contributed by atoms with Crippen LogP contribution in [0.25, 0.3) is 0 Å². The van der Waals surface area contributed by atoms with Gasteiger partial charge in [0.2, 0.25) is 0 Å². The molecule has 0 amide bonds. The van der Waals surface area contributed by atoms with Crippen LogP contribution in [0.3, 0.4) is 0 Å². The van der Waals surface area contributed by atoms with E-state index in [0.29, 0.717) is 0 Å². The Morgan fingerprint density at radius 2 is 1.57 bits per heavy atom. The Morgan fingerprint density at radius 3 is 1.57 bits per heavy atom. The maximum absolute atomic E-state index is 3.48. The normalized spacial score (nSPS) is 3.57. The van der Waals surface area contributed by atoms with Gasteiger partial charge < -0.3 is 11.0 Å². The number of allylic oxidation sites excluding steroid dienone is 1. The van der Waals surface area contributed by atoms with Gasteiger partial charge in [0.15, 0.2) is 0 Å². The summed E-state index contributed by atoms with van der Waals surface area (Å²) in [5, 5.41) is 0. The molecule has 2 nitrogen and oxygen atoms in total. The monoisotopic (exact) mass is 108 g/mol. The first-order valence-corrected chi connectivity index (χ1v) is 1.52. The molecule has 0 heterocycles. The van der Waals surface area contributed by atoms with Crippen molar-refractivity contribution in [3.05, 3.63) is 12.7 Å². The highest BCUT2D eigenvalue weighted by atomic mass is 16.0. The van der Waals surface area contributed by atoms with Crippen molar-refractivity contribution in [3.8, 4) is 0 Å². The molecule has 0 spiro atoms. The molecule has 0 aromatic heterocycles. The van der Waals surface area contributed by atoms with Crippen molar-refractivity contribution in [1.82, 2.24) is 0 Å². The Kier molecular flexibility index (Phi) is 192. The maximum atomic E-state index is 3.48. The topological polar surface area (TPSA) is 63.0 Å². The van der Waals surface area contributed by atoms with Crippen LogP contribution < -0.4 is 0 Å². The lowest BCUT2D eigenvalue weighted by molar-refractivity contribution is 0.823. The van der Waals surface area contributed by atoms with E-state index in [1.165, 1.54) is 0 Å². The standard InChI is InChI=1S/C4H8.CH4.2H2O/c1-3-4-2;;;/h3H,1,4H2,2H3;1H4;2*1H2. The van der Waals surface area contributed by atoms with Crippen LogP contribution >= 0.6 is 0 Å². The van der Waals surface area contributed by atoms with E-state index in [2.05, 4.69) is 13.5 Å².